The van der Waals surface area contributed by atoms with Crippen LogP contribution in [0.2, 0.25) is 0 Å². The Morgan fingerprint density at radius 1 is 1.41 bits per heavy atom. The molecule has 0 spiro atoms. The van der Waals surface area contributed by atoms with Crippen molar-refractivity contribution in [2.45, 2.75) is 13.5 Å². The molecule has 0 saturated heterocycles. The van der Waals surface area contributed by atoms with Gasteiger partial charge in [-0.25, -0.2) is 4.79 Å². The quantitative estimate of drug-likeness (QED) is 0.902. The number of rotatable bonds is 4. The second-order valence-electron chi connectivity index (χ2n) is 3.65. The van der Waals surface area contributed by atoms with Crippen molar-refractivity contribution in [2.75, 3.05) is 0 Å². The predicted molar refractivity (Wildman–Crippen MR) is 66.8 cm³/mol. The van der Waals surface area contributed by atoms with Gasteiger partial charge in [0.15, 0.2) is 0 Å². The highest BCUT2D eigenvalue weighted by molar-refractivity contribution is 7.09. The van der Waals surface area contributed by atoms with E-state index in [-0.39, 0.29) is 0 Å². The molecule has 88 valence electrons. The number of carbonyl (C=O) groups is 1. The highest BCUT2D eigenvalue weighted by Crippen LogP contribution is 2.19. The molecule has 0 unspecified atom stereocenters. The van der Waals surface area contributed by atoms with Crippen molar-refractivity contribution in [2.24, 2.45) is 0 Å². The Kier molecular flexibility index (Phi) is 3.44. The van der Waals surface area contributed by atoms with Gasteiger partial charge >= 0.3 is 5.97 Å². The minimum absolute atomic E-state index is 0.313. The molecule has 0 bridgehead atoms. The number of thiophene rings is 1. The summed E-state index contributed by atoms with van der Waals surface area (Å²) in [5, 5.41) is 10.9. The zero-order chi connectivity index (χ0) is 12.3. The molecule has 3 nitrogen and oxygen atoms in total. The second-order valence-corrected chi connectivity index (χ2v) is 4.68. The molecule has 1 aromatic heterocycles. The summed E-state index contributed by atoms with van der Waals surface area (Å²) in [4.78, 5) is 12.0. The zero-order valence-electron chi connectivity index (χ0n) is 9.34. The lowest BCUT2D eigenvalue weighted by Crippen LogP contribution is -2.00. The summed E-state index contributed by atoms with van der Waals surface area (Å²) < 4.78 is 5.58. The number of carboxylic acids is 1. The summed E-state index contributed by atoms with van der Waals surface area (Å²) in [6, 6.07) is 8.98. The highest BCUT2D eigenvalue weighted by atomic mass is 32.1. The smallest absolute Gasteiger partial charge is 0.335 e. The van der Waals surface area contributed by atoms with E-state index in [0.29, 0.717) is 23.5 Å². The molecule has 1 heterocycles. The average Bonchev–Trinajstić information content (AvgIpc) is 2.78. The van der Waals surface area contributed by atoms with E-state index in [4.69, 9.17) is 9.84 Å². The van der Waals surface area contributed by atoms with E-state index in [2.05, 4.69) is 0 Å². The summed E-state index contributed by atoms with van der Waals surface area (Å²) in [6.07, 6.45) is 0. The average molecular weight is 248 g/mol. The number of hydrogen-bond donors (Lipinski definition) is 1. The van der Waals surface area contributed by atoms with Crippen LogP contribution in [0, 0.1) is 6.92 Å². The van der Waals surface area contributed by atoms with Crippen LogP contribution in [0.4, 0.5) is 0 Å². The molecular weight excluding hydrogens is 236 g/mol. The Hall–Kier alpha value is -1.81. The maximum Gasteiger partial charge on any atom is 0.335 e. The van der Waals surface area contributed by atoms with Gasteiger partial charge in [0.1, 0.15) is 12.4 Å². The molecule has 0 aliphatic rings. The number of hydrogen-bond acceptors (Lipinski definition) is 3. The van der Waals surface area contributed by atoms with E-state index in [0.717, 1.165) is 4.88 Å². The first kappa shape index (κ1) is 11.7. The van der Waals surface area contributed by atoms with E-state index in [1.807, 2.05) is 17.5 Å². The Balaban J connectivity index is 2.07. The van der Waals surface area contributed by atoms with Gasteiger partial charge < -0.3 is 9.84 Å². The third kappa shape index (κ3) is 2.85. The first-order chi connectivity index (χ1) is 8.16. The molecule has 0 aliphatic carbocycles. The molecule has 0 saturated carbocycles. The second kappa shape index (κ2) is 5.01. The fourth-order valence-corrected chi connectivity index (χ4v) is 2.13. The maximum atomic E-state index is 10.8. The summed E-state index contributed by atoms with van der Waals surface area (Å²) in [7, 11) is 0. The molecular formula is C13H12O3S. The molecule has 2 rings (SSSR count). The van der Waals surface area contributed by atoms with Gasteiger partial charge in [-0.15, -0.1) is 11.3 Å². The molecule has 17 heavy (non-hydrogen) atoms. The van der Waals surface area contributed by atoms with Crippen LogP contribution in [-0.4, -0.2) is 11.1 Å². The minimum atomic E-state index is -0.910. The standard InChI is InChI=1S/C13H12O3S/c1-9-7-10(4-5-12(9)13(14)15)16-8-11-3-2-6-17-11/h2-7H,8H2,1H3,(H,14,15). The van der Waals surface area contributed by atoms with Gasteiger partial charge in [-0.3, -0.25) is 0 Å². The lowest BCUT2D eigenvalue weighted by molar-refractivity contribution is 0.0696. The molecule has 1 aromatic carbocycles. The number of aromatic carboxylic acids is 1. The van der Waals surface area contributed by atoms with E-state index in [1.54, 1.807) is 36.5 Å². The van der Waals surface area contributed by atoms with Crippen molar-refractivity contribution in [1.29, 1.82) is 0 Å². The van der Waals surface area contributed by atoms with Crippen LogP contribution < -0.4 is 4.74 Å². The van der Waals surface area contributed by atoms with E-state index in [9.17, 15) is 4.79 Å². The van der Waals surface area contributed by atoms with E-state index >= 15 is 0 Å². The molecule has 0 aliphatic heterocycles. The topological polar surface area (TPSA) is 46.5 Å². The Morgan fingerprint density at radius 2 is 2.24 bits per heavy atom. The van der Waals surface area contributed by atoms with Gasteiger partial charge in [0.2, 0.25) is 0 Å². The monoisotopic (exact) mass is 248 g/mol. The van der Waals surface area contributed by atoms with Gasteiger partial charge in [0.25, 0.3) is 0 Å². The summed E-state index contributed by atoms with van der Waals surface area (Å²) in [5.41, 5.74) is 1.02. The van der Waals surface area contributed by atoms with Crippen LogP contribution in [0.3, 0.4) is 0 Å². The molecule has 0 fully saturated rings. The highest BCUT2D eigenvalue weighted by Gasteiger charge is 2.07. The SMILES string of the molecule is Cc1cc(OCc2cccs2)ccc1C(=O)O. The number of aryl methyl sites for hydroxylation is 1. The Bertz CT molecular complexity index is 517. The fourth-order valence-electron chi connectivity index (χ4n) is 1.52. The summed E-state index contributed by atoms with van der Waals surface area (Å²) in [6.45, 7) is 2.28. The first-order valence-electron chi connectivity index (χ1n) is 5.16. The first-order valence-corrected chi connectivity index (χ1v) is 6.04. The van der Waals surface area contributed by atoms with Crippen molar-refractivity contribution < 1.29 is 14.6 Å². The molecule has 0 amide bonds. The molecule has 0 atom stereocenters. The Labute approximate surface area is 103 Å². The van der Waals surface area contributed by atoms with Crippen molar-refractivity contribution in [3.05, 3.63) is 51.7 Å². The lowest BCUT2D eigenvalue weighted by Gasteiger charge is -2.07. The van der Waals surface area contributed by atoms with Gasteiger partial charge in [-0.1, -0.05) is 6.07 Å². The summed E-state index contributed by atoms with van der Waals surface area (Å²) >= 11 is 1.64. The number of benzene rings is 1. The third-order valence-corrected chi connectivity index (χ3v) is 3.24. The number of ether oxygens (including phenoxy) is 1. The van der Waals surface area contributed by atoms with Gasteiger partial charge in [-0.2, -0.15) is 0 Å². The number of carboxylic acid groups (broad SMARTS) is 1. The van der Waals surface area contributed by atoms with E-state index < -0.39 is 5.97 Å². The fraction of sp³-hybridized carbons (Fsp3) is 0.154. The Morgan fingerprint density at radius 3 is 2.82 bits per heavy atom. The predicted octanol–water partition coefficient (Wildman–Crippen LogP) is 3.33. The van der Waals surface area contributed by atoms with Crippen LogP contribution in [0.1, 0.15) is 20.8 Å². The van der Waals surface area contributed by atoms with Gasteiger partial charge in [-0.05, 0) is 42.1 Å². The molecule has 0 radical (unpaired) electrons. The largest absolute Gasteiger partial charge is 0.488 e. The lowest BCUT2D eigenvalue weighted by atomic mass is 10.1. The molecule has 2 aromatic rings. The van der Waals surface area contributed by atoms with Crippen LogP contribution >= 0.6 is 11.3 Å². The van der Waals surface area contributed by atoms with Crippen molar-refractivity contribution >= 4 is 17.3 Å². The molecule has 4 heteroatoms. The van der Waals surface area contributed by atoms with Gasteiger partial charge in [0.05, 0.1) is 5.56 Å². The van der Waals surface area contributed by atoms with Crippen LogP contribution in [0.25, 0.3) is 0 Å². The molecule has 1 N–H and O–H groups in total. The summed E-state index contributed by atoms with van der Waals surface area (Å²) in [5.74, 6) is -0.215. The van der Waals surface area contributed by atoms with Gasteiger partial charge in [0, 0.05) is 4.88 Å². The normalized spacial score (nSPS) is 10.2. The van der Waals surface area contributed by atoms with Crippen LogP contribution in [0.5, 0.6) is 5.75 Å². The zero-order valence-corrected chi connectivity index (χ0v) is 10.2. The van der Waals surface area contributed by atoms with Crippen LogP contribution in [-0.2, 0) is 6.61 Å². The van der Waals surface area contributed by atoms with Crippen molar-refractivity contribution in [3.8, 4) is 5.75 Å². The van der Waals surface area contributed by atoms with Crippen molar-refractivity contribution in [3.63, 3.8) is 0 Å². The van der Waals surface area contributed by atoms with Crippen LogP contribution in [0.15, 0.2) is 35.7 Å². The van der Waals surface area contributed by atoms with Crippen molar-refractivity contribution in [1.82, 2.24) is 0 Å². The maximum absolute atomic E-state index is 10.8. The van der Waals surface area contributed by atoms with E-state index in [1.165, 1.54) is 0 Å². The minimum Gasteiger partial charge on any atom is -0.488 e. The third-order valence-electron chi connectivity index (χ3n) is 2.39.